The van der Waals surface area contributed by atoms with Crippen LogP contribution in [-0.2, 0) is 0 Å². The molecule has 1 atom stereocenters. The molecule has 0 radical (unpaired) electrons. The van der Waals surface area contributed by atoms with E-state index in [0.717, 1.165) is 43.9 Å². The SMILES string of the molecule is O=C(c1ccc(-n2cnnn2)cc1)N1CC[C@]2(CCCNC2)C1. The third kappa shape index (κ3) is 2.72. The summed E-state index contributed by atoms with van der Waals surface area (Å²) in [7, 11) is 0. The van der Waals surface area contributed by atoms with E-state index in [2.05, 4.69) is 20.8 Å². The lowest BCUT2D eigenvalue weighted by Crippen LogP contribution is -2.42. The smallest absolute Gasteiger partial charge is 0.253 e. The van der Waals surface area contributed by atoms with Crippen LogP contribution < -0.4 is 5.32 Å². The fraction of sp³-hybridized carbons (Fsp3) is 0.500. The molecular formula is C16H20N6O. The maximum Gasteiger partial charge on any atom is 0.253 e. The minimum atomic E-state index is 0.121. The molecule has 2 saturated heterocycles. The van der Waals surface area contributed by atoms with E-state index < -0.39 is 0 Å². The molecule has 2 fully saturated rings. The van der Waals surface area contributed by atoms with E-state index >= 15 is 0 Å². The van der Waals surface area contributed by atoms with E-state index in [4.69, 9.17) is 0 Å². The molecule has 4 rings (SSSR count). The van der Waals surface area contributed by atoms with Gasteiger partial charge in [-0.15, -0.1) is 5.10 Å². The highest BCUT2D eigenvalue weighted by Gasteiger charge is 2.40. The molecule has 1 N–H and O–H groups in total. The van der Waals surface area contributed by atoms with Crippen molar-refractivity contribution in [2.45, 2.75) is 19.3 Å². The number of hydrogen-bond donors (Lipinski definition) is 1. The molecule has 1 amide bonds. The molecule has 23 heavy (non-hydrogen) atoms. The first-order valence-corrected chi connectivity index (χ1v) is 8.09. The monoisotopic (exact) mass is 312 g/mol. The molecule has 2 aromatic rings. The quantitative estimate of drug-likeness (QED) is 0.891. The molecular weight excluding hydrogens is 292 g/mol. The van der Waals surface area contributed by atoms with Gasteiger partial charge in [-0.05, 0) is 60.5 Å². The number of aromatic nitrogens is 4. The Morgan fingerprint density at radius 1 is 1.22 bits per heavy atom. The van der Waals surface area contributed by atoms with Crippen LogP contribution in [0.25, 0.3) is 5.69 Å². The number of likely N-dealkylation sites (tertiary alicyclic amines) is 1. The van der Waals surface area contributed by atoms with E-state index in [1.165, 1.54) is 19.2 Å². The van der Waals surface area contributed by atoms with Crippen molar-refractivity contribution in [1.82, 2.24) is 30.4 Å². The lowest BCUT2D eigenvalue weighted by molar-refractivity contribution is 0.0764. The molecule has 7 heteroatoms. The van der Waals surface area contributed by atoms with Crippen LogP contribution in [0.1, 0.15) is 29.6 Å². The molecule has 2 aliphatic rings. The van der Waals surface area contributed by atoms with Crippen molar-refractivity contribution < 1.29 is 4.79 Å². The Morgan fingerprint density at radius 3 is 2.78 bits per heavy atom. The fourth-order valence-corrected chi connectivity index (χ4v) is 3.71. The molecule has 2 aliphatic heterocycles. The highest BCUT2D eigenvalue weighted by Crippen LogP contribution is 2.36. The maximum absolute atomic E-state index is 12.7. The highest BCUT2D eigenvalue weighted by atomic mass is 16.2. The van der Waals surface area contributed by atoms with Gasteiger partial charge in [0.1, 0.15) is 6.33 Å². The molecule has 0 unspecified atom stereocenters. The Hall–Kier alpha value is -2.28. The second kappa shape index (κ2) is 5.73. The normalized spacial score (nSPS) is 24.3. The molecule has 1 aromatic heterocycles. The van der Waals surface area contributed by atoms with Gasteiger partial charge in [0.2, 0.25) is 0 Å². The molecule has 0 aliphatic carbocycles. The van der Waals surface area contributed by atoms with Gasteiger partial charge in [-0.3, -0.25) is 4.79 Å². The van der Waals surface area contributed by atoms with Crippen molar-refractivity contribution >= 4 is 5.91 Å². The van der Waals surface area contributed by atoms with Gasteiger partial charge in [-0.1, -0.05) is 0 Å². The average molecular weight is 312 g/mol. The van der Waals surface area contributed by atoms with Crippen molar-refractivity contribution in [3.63, 3.8) is 0 Å². The summed E-state index contributed by atoms with van der Waals surface area (Å²) in [6.45, 7) is 3.87. The van der Waals surface area contributed by atoms with Crippen molar-refractivity contribution in [3.8, 4) is 5.69 Å². The topological polar surface area (TPSA) is 75.9 Å². The predicted octanol–water partition coefficient (Wildman–Crippen LogP) is 0.878. The minimum Gasteiger partial charge on any atom is -0.338 e. The zero-order valence-corrected chi connectivity index (χ0v) is 13.0. The highest BCUT2D eigenvalue weighted by molar-refractivity contribution is 5.94. The second-order valence-corrected chi connectivity index (χ2v) is 6.56. The summed E-state index contributed by atoms with van der Waals surface area (Å²) in [5, 5.41) is 14.6. The molecule has 0 bridgehead atoms. The van der Waals surface area contributed by atoms with Gasteiger partial charge in [-0.2, -0.15) is 0 Å². The van der Waals surface area contributed by atoms with Crippen LogP contribution in [0.5, 0.6) is 0 Å². The summed E-state index contributed by atoms with van der Waals surface area (Å²) in [5.74, 6) is 0.121. The second-order valence-electron chi connectivity index (χ2n) is 6.56. The van der Waals surface area contributed by atoms with E-state index in [-0.39, 0.29) is 5.91 Å². The van der Waals surface area contributed by atoms with E-state index in [9.17, 15) is 4.79 Å². The van der Waals surface area contributed by atoms with E-state index in [1.807, 2.05) is 29.2 Å². The van der Waals surface area contributed by atoms with Gasteiger partial charge in [0, 0.05) is 30.6 Å². The Bertz CT molecular complexity index is 675. The number of nitrogens with zero attached hydrogens (tertiary/aromatic N) is 5. The summed E-state index contributed by atoms with van der Waals surface area (Å²) in [6.07, 6.45) is 5.08. The Balaban J connectivity index is 1.47. The zero-order chi connectivity index (χ0) is 15.7. The van der Waals surface area contributed by atoms with Gasteiger partial charge in [0.15, 0.2) is 0 Å². The molecule has 1 spiro atoms. The summed E-state index contributed by atoms with van der Waals surface area (Å²) in [4.78, 5) is 14.7. The third-order valence-corrected chi connectivity index (χ3v) is 5.01. The van der Waals surface area contributed by atoms with Crippen LogP contribution in [0.15, 0.2) is 30.6 Å². The van der Waals surface area contributed by atoms with Crippen LogP contribution in [0, 0.1) is 5.41 Å². The number of carbonyl (C=O) groups excluding carboxylic acids is 1. The van der Waals surface area contributed by atoms with Crippen LogP contribution >= 0.6 is 0 Å². The van der Waals surface area contributed by atoms with Crippen molar-refractivity contribution in [1.29, 1.82) is 0 Å². The summed E-state index contributed by atoms with van der Waals surface area (Å²) in [5.41, 5.74) is 1.86. The Morgan fingerprint density at radius 2 is 2.09 bits per heavy atom. The average Bonchev–Trinajstić information content (AvgIpc) is 3.26. The van der Waals surface area contributed by atoms with Crippen molar-refractivity contribution in [2.75, 3.05) is 26.2 Å². The van der Waals surface area contributed by atoms with E-state index in [0.29, 0.717) is 5.41 Å². The van der Waals surface area contributed by atoms with Gasteiger partial charge in [0.05, 0.1) is 5.69 Å². The number of amides is 1. The Labute approximate surface area is 134 Å². The first-order chi connectivity index (χ1) is 11.3. The standard InChI is InChI=1S/C16H20N6O/c23-15(21-9-7-16(11-21)6-1-8-17-10-16)13-2-4-14(5-3-13)22-12-18-19-20-22/h2-5,12,17H,1,6-11H2/t16-/m0/s1. The predicted molar refractivity (Wildman–Crippen MR) is 84.2 cm³/mol. The lowest BCUT2D eigenvalue weighted by atomic mass is 9.80. The Kier molecular flexibility index (Phi) is 3.57. The fourth-order valence-electron chi connectivity index (χ4n) is 3.71. The lowest BCUT2D eigenvalue weighted by Gasteiger charge is -2.33. The minimum absolute atomic E-state index is 0.121. The maximum atomic E-state index is 12.7. The zero-order valence-electron chi connectivity index (χ0n) is 13.0. The number of tetrazole rings is 1. The molecule has 3 heterocycles. The van der Waals surface area contributed by atoms with Crippen LogP contribution in [0.3, 0.4) is 0 Å². The molecule has 1 aromatic carbocycles. The summed E-state index contributed by atoms with van der Waals surface area (Å²) < 4.78 is 1.58. The molecule has 7 nitrogen and oxygen atoms in total. The van der Waals surface area contributed by atoms with Crippen molar-refractivity contribution in [3.05, 3.63) is 36.2 Å². The summed E-state index contributed by atoms with van der Waals surface area (Å²) in [6, 6.07) is 7.45. The first kappa shape index (κ1) is 14.3. The number of piperidine rings is 1. The van der Waals surface area contributed by atoms with Gasteiger partial charge in [-0.25, -0.2) is 4.68 Å². The number of benzene rings is 1. The number of nitrogens with one attached hydrogen (secondary N) is 1. The van der Waals surface area contributed by atoms with Gasteiger partial charge < -0.3 is 10.2 Å². The van der Waals surface area contributed by atoms with Gasteiger partial charge in [0.25, 0.3) is 5.91 Å². The van der Waals surface area contributed by atoms with Crippen molar-refractivity contribution in [2.24, 2.45) is 5.41 Å². The number of hydrogen-bond acceptors (Lipinski definition) is 5. The molecule has 0 saturated carbocycles. The third-order valence-electron chi connectivity index (χ3n) is 5.01. The van der Waals surface area contributed by atoms with Crippen LogP contribution in [0.4, 0.5) is 0 Å². The summed E-state index contributed by atoms with van der Waals surface area (Å²) >= 11 is 0. The number of carbonyl (C=O) groups is 1. The molecule has 120 valence electrons. The first-order valence-electron chi connectivity index (χ1n) is 8.09. The number of rotatable bonds is 2. The largest absolute Gasteiger partial charge is 0.338 e. The van der Waals surface area contributed by atoms with E-state index in [1.54, 1.807) is 4.68 Å². The van der Waals surface area contributed by atoms with Gasteiger partial charge >= 0.3 is 0 Å². The van der Waals surface area contributed by atoms with Crippen LogP contribution in [0.2, 0.25) is 0 Å². The van der Waals surface area contributed by atoms with Crippen LogP contribution in [-0.4, -0.2) is 57.2 Å².